The van der Waals surface area contributed by atoms with Crippen molar-refractivity contribution in [1.82, 2.24) is 10.2 Å². The standard InChI is InChI=1S/C15H26N2/c1-5-17(6-2)12-14-7-9-15(10-8-14)13(3)11-16-4/h7-10,13,16H,5-6,11-12H2,1-4H3. The predicted molar refractivity (Wildman–Crippen MR) is 75.4 cm³/mol. The Morgan fingerprint density at radius 3 is 2.18 bits per heavy atom. The van der Waals surface area contributed by atoms with Crippen molar-refractivity contribution >= 4 is 0 Å². The largest absolute Gasteiger partial charge is 0.319 e. The van der Waals surface area contributed by atoms with Crippen molar-refractivity contribution in [2.45, 2.75) is 33.2 Å². The quantitative estimate of drug-likeness (QED) is 0.780. The van der Waals surface area contributed by atoms with Gasteiger partial charge in [-0.15, -0.1) is 0 Å². The Balaban J connectivity index is 2.61. The molecule has 96 valence electrons. The average molecular weight is 234 g/mol. The lowest BCUT2D eigenvalue weighted by atomic mass is 10.00. The van der Waals surface area contributed by atoms with Crippen LogP contribution in [0.5, 0.6) is 0 Å². The maximum Gasteiger partial charge on any atom is 0.0233 e. The zero-order valence-corrected chi connectivity index (χ0v) is 11.7. The van der Waals surface area contributed by atoms with Crippen molar-refractivity contribution in [2.24, 2.45) is 0 Å². The fourth-order valence-corrected chi connectivity index (χ4v) is 2.08. The van der Waals surface area contributed by atoms with Crippen LogP contribution in [0.15, 0.2) is 24.3 Å². The first-order valence-electron chi connectivity index (χ1n) is 6.67. The fourth-order valence-electron chi connectivity index (χ4n) is 2.08. The van der Waals surface area contributed by atoms with Crippen LogP contribution in [0.4, 0.5) is 0 Å². The summed E-state index contributed by atoms with van der Waals surface area (Å²) in [6.45, 7) is 11.0. The summed E-state index contributed by atoms with van der Waals surface area (Å²) in [5.74, 6) is 0.586. The number of hydrogen-bond donors (Lipinski definition) is 1. The second kappa shape index (κ2) is 7.46. The van der Waals surface area contributed by atoms with E-state index in [9.17, 15) is 0 Å². The molecule has 1 aromatic carbocycles. The van der Waals surface area contributed by atoms with Crippen molar-refractivity contribution in [2.75, 3.05) is 26.7 Å². The molecule has 0 saturated carbocycles. The van der Waals surface area contributed by atoms with Crippen LogP contribution in [0.1, 0.15) is 37.8 Å². The monoisotopic (exact) mass is 234 g/mol. The molecule has 17 heavy (non-hydrogen) atoms. The molecule has 0 aliphatic carbocycles. The highest BCUT2D eigenvalue weighted by atomic mass is 15.1. The first kappa shape index (κ1) is 14.2. The van der Waals surface area contributed by atoms with Crippen molar-refractivity contribution in [3.05, 3.63) is 35.4 Å². The molecule has 1 unspecified atom stereocenters. The Morgan fingerprint density at radius 2 is 1.71 bits per heavy atom. The molecular formula is C15H26N2. The van der Waals surface area contributed by atoms with Gasteiger partial charge >= 0.3 is 0 Å². The molecule has 0 aliphatic heterocycles. The van der Waals surface area contributed by atoms with E-state index in [0.717, 1.165) is 26.2 Å². The average Bonchev–Trinajstić information content (AvgIpc) is 2.37. The Labute approximate surface area is 106 Å². The van der Waals surface area contributed by atoms with Gasteiger partial charge in [0.2, 0.25) is 0 Å². The van der Waals surface area contributed by atoms with Crippen LogP contribution >= 0.6 is 0 Å². The van der Waals surface area contributed by atoms with Gasteiger partial charge in [-0.2, -0.15) is 0 Å². The summed E-state index contributed by atoms with van der Waals surface area (Å²) >= 11 is 0. The molecule has 1 atom stereocenters. The molecule has 1 N–H and O–H groups in total. The minimum atomic E-state index is 0.586. The molecule has 0 spiro atoms. The van der Waals surface area contributed by atoms with Gasteiger partial charge in [0.05, 0.1) is 0 Å². The van der Waals surface area contributed by atoms with Crippen LogP contribution in [-0.4, -0.2) is 31.6 Å². The van der Waals surface area contributed by atoms with Gasteiger partial charge in [-0.25, -0.2) is 0 Å². The van der Waals surface area contributed by atoms with Crippen LogP contribution in [0.25, 0.3) is 0 Å². The molecule has 2 heteroatoms. The second-order valence-electron chi connectivity index (χ2n) is 4.66. The number of rotatable bonds is 7. The van der Waals surface area contributed by atoms with Crippen LogP contribution in [0.3, 0.4) is 0 Å². The van der Waals surface area contributed by atoms with E-state index in [-0.39, 0.29) is 0 Å². The smallest absolute Gasteiger partial charge is 0.0233 e. The van der Waals surface area contributed by atoms with E-state index in [1.165, 1.54) is 11.1 Å². The minimum absolute atomic E-state index is 0.586. The lowest BCUT2D eigenvalue weighted by molar-refractivity contribution is 0.296. The van der Waals surface area contributed by atoms with E-state index in [2.05, 4.69) is 55.3 Å². The Morgan fingerprint density at radius 1 is 1.12 bits per heavy atom. The molecule has 0 bridgehead atoms. The Bertz CT molecular complexity index is 301. The van der Waals surface area contributed by atoms with E-state index in [1.807, 2.05) is 7.05 Å². The number of benzene rings is 1. The lowest BCUT2D eigenvalue weighted by Crippen LogP contribution is -2.22. The second-order valence-corrected chi connectivity index (χ2v) is 4.66. The topological polar surface area (TPSA) is 15.3 Å². The van der Waals surface area contributed by atoms with Gasteiger partial charge in [-0.05, 0) is 37.2 Å². The van der Waals surface area contributed by atoms with Gasteiger partial charge in [0.1, 0.15) is 0 Å². The van der Waals surface area contributed by atoms with Crippen molar-refractivity contribution in [3.63, 3.8) is 0 Å². The maximum atomic E-state index is 3.22. The van der Waals surface area contributed by atoms with Gasteiger partial charge in [0.25, 0.3) is 0 Å². The number of nitrogens with one attached hydrogen (secondary N) is 1. The molecule has 0 radical (unpaired) electrons. The predicted octanol–water partition coefficient (Wildman–Crippen LogP) is 2.85. The van der Waals surface area contributed by atoms with Gasteiger partial charge < -0.3 is 5.32 Å². The lowest BCUT2D eigenvalue weighted by Gasteiger charge is -2.18. The summed E-state index contributed by atoms with van der Waals surface area (Å²) in [5, 5.41) is 3.22. The zero-order valence-electron chi connectivity index (χ0n) is 11.7. The third kappa shape index (κ3) is 4.49. The van der Waals surface area contributed by atoms with E-state index in [4.69, 9.17) is 0 Å². The SMILES string of the molecule is CCN(CC)Cc1ccc(C(C)CNC)cc1. The van der Waals surface area contributed by atoms with E-state index in [0.29, 0.717) is 5.92 Å². The van der Waals surface area contributed by atoms with Gasteiger partial charge in [-0.1, -0.05) is 45.0 Å². The molecule has 0 aliphatic rings. The highest BCUT2D eigenvalue weighted by molar-refractivity contribution is 5.25. The number of nitrogens with zero attached hydrogens (tertiary/aromatic N) is 1. The van der Waals surface area contributed by atoms with Crippen LogP contribution in [0.2, 0.25) is 0 Å². The van der Waals surface area contributed by atoms with Gasteiger partial charge in [0, 0.05) is 13.1 Å². The molecule has 1 aromatic rings. The highest BCUT2D eigenvalue weighted by Crippen LogP contribution is 2.15. The van der Waals surface area contributed by atoms with Crippen LogP contribution in [0, 0.1) is 0 Å². The highest BCUT2D eigenvalue weighted by Gasteiger charge is 2.05. The number of likely N-dealkylation sites (N-methyl/N-ethyl adjacent to an activating group) is 1. The van der Waals surface area contributed by atoms with Crippen molar-refractivity contribution in [3.8, 4) is 0 Å². The zero-order chi connectivity index (χ0) is 12.7. The summed E-state index contributed by atoms with van der Waals surface area (Å²) in [6.07, 6.45) is 0. The Kier molecular flexibility index (Phi) is 6.23. The van der Waals surface area contributed by atoms with Gasteiger partial charge in [0.15, 0.2) is 0 Å². The summed E-state index contributed by atoms with van der Waals surface area (Å²) in [7, 11) is 2.01. The molecule has 0 heterocycles. The molecule has 0 saturated heterocycles. The van der Waals surface area contributed by atoms with Crippen LogP contribution in [-0.2, 0) is 6.54 Å². The molecular weight excluding hydrogens is 208 g/mol. The summed E-state index contributed by atoms with van der Waals surface area (Å²) < 4.78 is 0. The number of hydrogen-bond acceptors (Lipinski definition) is 2. The molecule has 1 rings (SSSR count). The fraction of sp³-hybridized carbons (Fsp3) is 0.600. The van der Waals surface area contributed by atoms with Gasteiger partial charge in [-0.3, -0.25) is 4.90 Å². The summed E-state index contributed by atoms with van der Waals surface area (Å²) in [6, 6.07) is 9.06. The third-order valence-electron chi connectivity index (χ3n) is 3.36. The third-order valence-corrected chi connectivity index (χ3v) is 3.36. The minimum Gasteiger partial charge on any atom is -0.319 e. The molecule has 0 fully saturated rings. The normalized spacial score (nSPS) is 13.0. The first-order chi connectivity index (χ1) is 8.21. The molecule has 0 aromatic heterocycles. The van der Waals surface area contributed by atoms with Crippen molar-refractivity contribution in [1.29, 1.82) is 0 Å². The molecule has 0 amide bonds. The maximum absolute atomic E-state index is 3.22. The van der Waals surface area contributed by atoms with Crippen LogP contribution < -0.4 is 5.32 Å². The molecule has 2 nitrogen and oxygen atoms in total. The first-order valence-corrected chi connectivity index (χ1v) is 6.67. The van der Waals surface area contributed by atoms with E-state index >= 15 is 0 Å². The van der Waals surface area contributed by atoms with E-state index < -0.39 is 0 Å². The van der Waals surface area contributed by atoms with E-state index in [1.54, 1.807) is 0 Å². The summed E-state index contributed by atoms with van der Waals surface area (Å²) in [4.78, 5) is 2.44. The van der Waals surface area contributed by atoms with Crippen molar-refractivity contribution < 1.29 is 0 Å². The summed E-state index contributed by atoms with van der Waals surface area (Å²) in [5.41, 5.74) is 2.83. The Hall–Kier alpha value is -0.860.